The first-order valence-corrected chi connectivity index (χ1v) is 8.59. The zero-order valence-electron chi connectivity index (χ0n) is 16.5. The van der Waals surface area contributed by atoms with Crippen LogP contribution in [0.25, 0.3) is 11.3 Å². The Kier molecular flexibility index (Phi) is 17.2. The lowest BCUT2D eigenvalue weighted by atomic mass is 10.0. The largest absolute Gasteiger partial charge is 0.395 e. The summed E-state index contributed by atoms with van der Waals surface area (Å²) in [4.78, 5) is 4.02. The average molecular weight is 359 g/mol. The number of allylic oxidation sites excluding steroid dienone is 1. The van der Waals surface area contributed by atoms with Crippen molar-refractivity contribution in [1.82, 2.24) is 10.4 Å². The minimum Gasteiger partial charge on any atom is -0.395 e. The Morgan fingerprint density at radius 1 is 1.04 bits per heavy atom. The fourth-order valence-electron chi connectivity index (χ4n) is 1.87. The van der Waals surface area contributed by atoms with Gasteiger partial charge < -0.3 is 16.3 Å². The van der Waals surface area contributed by atoms with E-state index in [9.17, 15) is 0 Å². The van der Waals surface area contributed by atoms with Crippen LogP contribution in [0.1, 0.15) is 37.5 Å². The number of aliphatic hydroxyl groups excluding tert-OH is 1. The molecule has 0 saturated carbocycles. The summed E-state index contributed by atoms with van der Waals surface area (Å²) in [6.07, 6.45) is 3.56. The molecule has 144 valence electrons. The van der Waals surface area contributed by atoms with Gasteiger partial charge in [0.2, 0.25) is 0 Å². The third-order valence-corrected chi connectivity index (χ3v) is 3.10. The molecule has 0 unspecified atom stereocenters. The maximum absolute atomic E-state index is 7.75. The van der Waals surface area contributed by atoms with E-state index in [1.165, 1.54) is 5.56 Å². The Morgan fingerprint density at radius 3 is 1.88 bits per heavy atom. The Morgan fingerprint density at radius 2 is 1.50 bits per heavy atom. The number of hydrogen-bond donors (Lipinski definition) is 4. The number of nitrogens with two attached hydrogens (primary N) is 2. The van der Waals surface area contributed by atoms with Gasteiger partial charge in [-0.3, -0.25) is 10.8 Å². The van der Waals surface area contributed by atoms with Gasteiger partial charge >= 0.3 is 0 Å². The van der Waals surface area contributed by atoms with E-state index in [1.54, 1.807) is 12.4 Å². The zero-order valence-corrected chi connectivity index (χ0v) is 16.5. The highest BCUT2D eigenvalue weighted by molar-refractivity contribution is 5.88. The number of benzene rings is 1. The third-order valence-electron chi connectivity index (χ3n) is 3.10. The summed E-state index contributed by atoms with van der Waals surface area (Å²) in [7, 11) is 0. The molecule has 0 aliphatic heterocycles. The van der Waals surface area contributed by atoms with Crippen LogP contribution in [0, 0.1) is 6.92 Å². The van der Waals surface area contributed by atoms with E-state index in [4.69, 9.17) is 16.7 Å². The van der Waals surface area contributed by atoms with Crippen molar-refractivity contribution in [2.75, 3.05) is 13.2 Å². The SMILES string of the molecule is C/C(=C(\NN)c1ccc(C)cc1)c1ccncc1.C=C.CC.NCCO. The first kappa shape index (κ1) is 25.8. The molecule has 5 heteroatoms. The van der Waals surface area contributed by atoms with Crippen LogP contribution in [0.3, 0.4) is 0 Å². The number of nitrogens with one attached hydrogen (secondary N) is 1. The van der Waals surface area contributed by atoms with Crippen molar-refractivity contribution in [2.24, 2.45) is 11.6 Å². The lowest BCUT2D eigenvalue weighted by Gasteiger charge is -2.12. The number of aryl methyl sites for hydroxylation is 1. The van der Waals surface area contributed by atoms with Crippen molar-refractivity contribution >= 4 is 11.3 Å². The second-order valence-electron chi connectivity index (χ2n) is 4.76. The van der Waals surface area contributed by atoms with Gasteiger partial charge in [0.25, 0.3) is 0 Å². The lowest BCUT2D eigenvalue weighted by Crippen LogP contribution is -2.21. The van der Waals surface area contributed by atoms with Crippen LogP contribution in [0.4, 0.5) is 0 Å². The summed E-state index contributed by atoms with van der Waals surface area (Å²) in [5, 5.41) is 7.75. The normalized spacial score (nSPS) is 9.81. The first-order chi connectivity index (χ1) is 12.6. The van der Waals surface area contributed by atoms with Crippen LogP contribution in [0.2, 0.25) is 0 Å². The minimum atomic E-state index is 0.0972. The van der Waals surface area contributed by atoms with Crippen molar-refractivity contribution in [3.63, 3.8) is 0 Å². The van der Waals surface area contributed by atoms with Gasteiger partial charge in [0.15, 0.2) is 0 Å². The molecule has 0 amide bonds. The van der Waals surface area contributed by atoms with Crippen LogP contribution >= 0.6 is 0 Å². The molecule has 26 heavy (non-hydrogen) atoms. The third kappa shape index (κ3) is 9.74. The number of pyridine rings is 1. The molecule has 0 saturated heterocycles. The molecule has 0 spiro atoms. The van der Waals surface area contributed by atoms with Gasteiger partial charge in [0.1, 0.15) is 0 Å². The lowest BCUT2D eigenvalue weighted by molar-refractivity contribution is 0.306. The van der Waals surface area contributed by atoms with Crippen LogP contribution in [-0.4, -0.2) is 23.2 Å². The number of rotatable bonds is 4. The Hall–Kier alpha value is -2.47. The summed E-state index contributed by atoms with van der Waals surface area (Å²) in [5.41, 5.74) is 13.0. The van der Waals surface area contributed by atoms with Crippen molar-refractivity contribution in [2.45, 2.75) is 27.7 Å². The van der Waals surface area contributed by atoms with E-state index in [0.29, 0.717) is 6.54 Å². The highest BCUT2D eigenvalue weighted by Crippen LogP contribution is 2.23. The van der Waals surface area contributed by atoms with Crippen LogP contribution in [0.5, 0.6) is 0 Å². The van der Waals surface area contributed by atoms with E-state index >= 15 is 0 Å². The molecule has 0 fully saturated rings. The molecule has 0 atom stereocenters. The maximum Gasteiger partial charge on any atom is 0.0592 e. The second-order valence-corrected chi connectivity index (χ2v) is 4.76. The standard InChI is InChI=1S/C15H17N3.C2H7NO.C2H6.C2H4/c1-11-3-5-14(6-4-11)15(18-16)12(2)13-7-9-17-10-8-13;3-1-2-4;2*1-2/h3-10,18H,16H2,1-2H3;4H,1-3H2;1-2H3;1-2H2/b15-12+;;;. The molecule has 0 aliphatic carbocycles. The van der Waals surface area contributed by atoms with E-state index in [2.05, 4.69) is 54.8 Å². The second kappa shape index (κ2) is 17.4. The molecule has 6 N–H and O–H groups in total. The number of nitrogens with zero attached hydrogens (tertiary/aromatic N) is 1. The van der Waals surface area contributed by atoms with Gasteiger partial charge in [0, 0.05) is 18.9 Å². The molecule has 0 radical (unpaired) electrons. The fraction of sp³-hybridized carbons (Fsp3) is 0.286. The van der Waals surface area contributed by atoms with Gasteiger partial charge in [-0.25, -0.2) is 0 Å². The molecule has 5 nitrogen and oxygen atoms in total. The highest BCUT2D eigenvalue weighted by Gasteiger charge is 2.06. The van der Waals surface area contributed by atoms with Gasteiger partial charge in [0.05, 0.1) is 12.3 Å². The Bertz CT molecular complexity index is 593. The topological polar surface area (TPSA) is 97.2 Å². The van der Waals surface area contributed by atoms with Gasteiger partial charge in [-0.15, -0.1) is 13.2 Å². The number of hydrazine groups is 1. The monoisotopic (exact) mass is 358 g/mol. The smallest absolute Gasteiger partial charge is 0.0592 e. The van der Waals surface area contributed by atoms with E-state index < -0.39 is 0 Å². The minimum absolute atomic E-state index is 0.0972. The summed E-state index contributed by atoms with van der Waals surface area (Å²) in [5.74, 6) is 5.66. The van der Waals surface area contributed by atoms with E-state index in [0.717, 1.165) is 22.4 Å². The molecular formula is C21H34N4O. The van der Waals surface area contributed by atoms with Gasteiger partial charge in [-0.2, -0.15) is 0 Å². The summed E-state index contributed by atoms with van der Waals surface area (Å²) >= 11 is 0. The zero-order chi connectivity index (χ0) is 20.4. The molecule has 2 aromatic rings. The Balaban J connectivity index is 0. The molecule has 2 rings (SSSR count). The molecule has 1 aromatic carbocycles. The van der Waals surface area contributed by atoms with Gasteiger partial charge in [-0.05, 0) is 42.7 Å². The first-order valence-electron chi connectivity index (χ1n) is 8.59. The number of aromatic nitrogens is 1. The van der Waals surface area contributed by atoms with Crippen molar-refractivity contribution in [3.05, 3.63) is 78.6 Å². The van der Waals surface area contributed by atoms with Crippen molar-refractivity contribution in [3.8, 4) is 0 Å². The van der Waals surface area contributed by atoms with E-state index in [-0.39, 0.29) is 6.61 Å². The maximum atomic E-state index is 7.75. The van der Waals surface area contributed by atoms with Crippen molar-refractivity contribution in [1.29, 1.82) is 0 Å². The molecule has 0 bridgehead atoms. The Labute approximate surface area is 158 Å². The quantitative estimate of drug-likeness (QED) is 0.381. The molecule has 1 heterocycles. The van der Waals surface area contributed by atoms with Gasteiger partial charge in [-0.1, -0.05) is 43.7 Å². The van der Waals surface area contributed by atoms with Crippen molar-refractivity contribution < 1.29 is 5.11 Å². The molecule has 1 aromatic heterocycles. The number of aliphatic hydroxyl groups is 1. The summed E-state index contributed by atoms with van der Waals surface area (Å²) < 4.78 is 0. The van der Waals surface area contributed by atoms with Crippen LogP contribution in [0.15, 0.2) is 61.9 Å². The summed E-state index contributed by atoms with van der Waals surface area (Å²) in [6.45, 7) is 14.6. The highest BCUT2D eigenvalue weighted by atomic mass is 16.3. The van der Waals surface area contributed by atoms with Crippen LogP contribution in [-0.2, 0) is 0 Å². The molecular weight excluding hydrogens is 324 g/mol. The average Bonchev–Trinajstić information content (AvgIpc) is 2.73. The summed E-state index contributed by atoms with van der Waals surface area (Å²) in [6, 6.07) is 12.2. The fourth-order valence-corrected chi connectivity index (χ4v) is 1.87. The predicted octanol–water partition coefficient (Wildman–Crippen LogP) is 3.51. The number of hydrogen-bond acceptors (Lipinski definition) is 5. The van der Waals surface area contributed by atoms with Crippen LogP contribution < -0.4 is 17.0 Å². The predicted molar refractivity (Wildman–Crippen MR) is 114 cm³/mol. The van der Waals surface area contributed by atoms with E-state index in [1.807, 2.05) is 32.9 Å². The molecule has 0 aliphatic rings.